The fourth-order valence-electron chi connectivity index (χ4n) is 1.88. The third-order valence-corrected chi connectivity index (χ3v) is 3.39. The first-order valence-electron chi connectivity index (χ1n) is 7.50. The van der Waals surface area contributed by atoms with Crippen LogP contribution in [0.15, 0.2) is 24.3 Å². The molecular formula is C17H28O4. The van der Waals surface area contributed by atoms with Gasteiger partial charge in [0.1, 0.15) is 6.10 Å². The number of hydrogen-bond donors (Lipinski definition) is 0. The molecule has 0 saturated heterocycles. The first kappa shape index (κ1) is 19.4. The van der Waals surface area contributed by atoms with Gasteiger partial charge in [0, 0.05) is 17.6 Å². The van der Waals surface area contributed by atoms with Gasteiger partial charge in [-0.3, -0.25) is 0 Å². The third-order valence-electron chi connectivity index (χ3n) is 3.39. The number of esters is 2. The van der Waals surface area contributed by atoms with Gasteiger partial charge in [0.2, 0.25) is 0 Å². The van der Waals surface area contributed by atoms with Gasteiger partial charge in [-0.25, -0.2) is 9.59 Å². The molecule has 120 valence electrons. The van der Waals surface area contributed by atoms with Crippen molar-refractivity contribution in [2.24, 2.45) is 5.92 Å². The SMILES string of the molecule is C=C(C)C(=O)OCCC(CC(CC)CC)OC(=O)C(=C)C. The van der Waals surface area contributed by atoms with E-state index < -0.39 is 11.9 Å². The van der Waals surface area contributed by atoms with Crippen molar-refractivity contribution < 1.29 is 19.1 Å². The Morgan fingerprint density at radius 2 is 1.52 bits per heavy atom. The molecule has 0 aliphatic rings. The number of rotatable bonds is 10. The molecule has 0 aromatic carbocycles. The molecule has 4 heteroatoms. The fourth-order valence-corrected chi connectivity index (χ4v) is 1.88. The summed E-state index contributed by atoms with van der Waals surface area (Å²) in [5.74, 6) is -0.315. The van der Waals surface area contributed by atoms with E-state index >= 15 is 0 Å². The molecule has 1 atom stereocenters. The minimum absolute atomic E-state index is 0.222. The Bertz CT molecular complexity index is 380. The number of hydrogen-bond acceptors (Lipinski definition) is 4. The second-order valence-electron chi connectivity index (χ2n) is 5.43. The second-order valence-corrected chi connectivity index (χ2v) is 5.43. The second kappa shape index (κ2) is 10.2. The summed E-state index contributed by atoms with van der Waals surface area (Å²) < 4.78 is 10.5. The van der Waals surface area contributed by atoms with Crippen LogP contribution in [-0.2, 0) is 19.1 Å². The smallest absolute Gasteiger partial charge is 0.333 e. The van der Waals surface area contributed by atoms with Crippen molar-refractivity contribution in [3.05, 3.63) is 24.3 Å². The van der Waals surface area contributed by atoms with Gasteiger partial charge in [-0.2, -0.15) is 0 Å². The van der Waals surface area contributed by atoms with E-state index in [-0.39, 0.29) is 12.7 Å². The summed E-state index contributed by atoms with van der Waals surface area (Å²) in [5, 5.41) is 0. The van der Waals surface area contributed by atoms with Crippen LogP contribution in [0.25, 0.3) is 0 Å². The lowest BCUT2D eigenvalue weighted by molar-refractivity contribution is -0.147. The van der Waals surface area contributed by atoms with Gasteiger partial charge in [-0.1, -0.05) is 39.8 Å². The molecule has 0 N–H and O–H groups in total. The normalized spacial score (nSPS) is 11.9. The lowest BCUT2D eigenvalue weighted by Crippen LogP contribution is -2.24. The van der Waals surface area contributed by atoms with Crippen LogP contribution in [0.1, 0.15) is 53.4 Å². The molecule has 0 fully saturated rings. The molecule has 0 spiro atoms. The van der Waals surface area contributed by atoms with Crippen LogP contribution >= 0.6 is 0 Å². The van der Waals surface area contributed by atoms with Gasteiger partial charge in [-0.05, 0) is 26.2 Å². The van der Waals surface area contributed by atoms with Crippen molar-refractivity contribution in [1.82, 2.24) is 0 Å². The molecule has 4 nitrogen and oxygen atoms in total. The van der Waals surface area contributed by atoms with Crippen molar-refractivity contribution in [2.75, 3.05) is 6.61 Å². The largest absolute Gasteiger partial charge is 0.462 e. The zero-order valence-electron chi connectivity index (χ0n) is 13.7. The zero-order valence-corrected chi connectivity index (χ0v) is 13.7. The zero-order chi connectivity index (χ0) is 16.4. The van der Waals surface area contributed by atoms with E-state index in [1.165, 1.54) is 0 Å². The van der Waals surface area contributed by atoms with E-state index in [4.69, 9.17) is 9.47 Å². The molecule has 0 heterocycles. The molecule has 0 bridgehead atoms. The van der Waals surface area contributed by atoms with Gasteiger partial charge in [0.05, 0.1) is 6.61 Å². The summed E-state index contributed by atoms with van der Waals surface area (Å²) in [6, 6.07) is 0. The molecule has 0 aliphatic carbocycles. The maximum atomic E-state index is 11.7. The monoisotopic (exact) mass is 296 g/mol. The molecule has 0 amide bonds. The first-order valence-corrected chi connectivity index (χ1v) is 7.50. The van der Waals surface area contributed by atoms with Crippen molar-refractivity contribution in [2.45, 2.75) is 59.5 Å². The van der Waals surface area contributed by atoms with Crippen LogP contribution in [0, 0.1) is 5.92 Å². The number of carbonyl (C=O) groups is 2. The maximum absolute atomic E-state index is 11.7. The number of ether oxygens (including phenoxy) is 2. The van der Waals surface area contributed by atoms with Gasteiger partial charge in [-0.15, -0.1) is 0 Å². The van der Waals surface area contributed by atoms with Crippen LogP contribution in [0.4, 0.5) is 0 Å². The standard InChI is InChI=1S/C17H28O4/c1-7-14(8-2)11-15(21-17(19)13(5)6)9-10-20-16(18)12(3)4/h14-15H,3,5,7-11H2,1-2,4,6H3. The lowest BCUT2D eigenvalue weighted by atomic mass is 9.95. The van der Waals surface area contributed by atoms with Crippen LogP contribution in [0.2, 0.25) is 0 Å². The topological polar surface area (TPSA) is 52.6 Å². The Balaban J connectivity index is 4.50. The minimum Gasteiger partial charge on any atom is -0.462 e. The van der Waals surface area contributed by atoms with Crippen LogP contribution in [-0.4, -0.2) is 24.6 Å². The molecule has 0 rings (SSSR count). The molecule has 0 aromatic rings. The van der Waals surface area contributed by atoms with Crippen LogP contribution in [0.5, 0.6) is 0 Å². The fraction of sp³-hybridized carbons (Fsp3) is 0.647. The molecular weight excluding hydrogens is 268 g/mol. The van der Waals surface area contributed by atoms with E-state index in [1.807, 2.05) is 0 Å². The van der Waals surface area contributed by atoms with E-state index in [0.717, 1.165) is 19.3 Å². The van der Waals surface area contributed by atoms with Crippen LogP contribution < -0.4 is 0 Å². The summed E-state index contributed by atoms with van der Waals surface area (Å²) in [6.07, 6.45) is 3.08. The van der Waals surface area contributed by atoms with Gasteiger partial charge >= 0.3 is 11.9 Å². The Hall–Kier alpha value is -1.58. The number of carbonyl (C=O) groups excluding carboxylic acids is 2. The van der Waals surface area contributed by atoms with Gasteiger partial charge in [0.25, 0.3) is 0 Å². The van der Waals surface area contributed by atoms with E-state index in [2.05, 4.69) is 27.0 Å². The average Bonchev–Trinajstić information content (AvgIpc) is 2.43. The maximum Gasteiger partial charge on any atom is 0.333 e. The average molecular weight is 296 g/mol. The van der Waals surface area contributed by atoms with E-state index in [0.29, 0.717) is 23.5 Å². The highest BCUT2D eigenvalue weighted by Crippen LogP contribution is 2.20. The van der Waals surface area contributed by atoms with Crippen molar-refractivity contribution in [3.8, 4) is 0 Å². The first-order chi connectivity index (χ1) is 9.81. The summed E-state index contributed by atoms with van der Waals surface area (Å²) in [5.41, 5.74) is 0.744. The highest BCUT2D eigenvalue weighted by atomic mass is 16.6. The van der Waals surface area contributed by atoms with Crippen LogP contribution in [0.3, 0.4) is 0 Å². The minimum atomic E-state index is -0.414. The van der Waals surface area contributed by atoms with E-state index in [1.54, 1.807) is 13.8 Å². The van der Waals surface area contributed by atoms with E-state index in [9.17, 15) is 9.59 Å². The molecule has 0 aromatic heterocycles. The third kappa shape index (κ3) is 8.33. The quantitative estimate of drug-likeness (QED) is 0.454. The lowest BCUT2D eigenvalue weighted by Gasteiger charge is -2.22. The van der Waals surface area contributed by atoms with Crippen molar-refractivity contribution in [1.29, 1.82) is 0 Å². The Morgan fingerprint density at radius 3 is 1.95 bits per heavy atom. The van der Waals surface area contributed by atoms with Gasteiger partial charge in [0.15, 0.2) is 0 Å². The Kier molecular flexibility index (Phi) is 9.42. The summed E-state index contributed by atoms with van der Waals surface area (Å²) in [4.78, 5) is 23.0. The Morgan fingerprint density at radius 1 is 1.00 bits per heavy atom. The van der Waals surface area contributed by atoms with Crippen molar-refractivity contribution in [3.63, 3.8) is 0 Å². The van der Waals surface area contributed by atoms with Crippen molar-refractivity contribution >= 4 is 11.9 Å². The molecule has 0 aliphatic heterocycles. The molecule has 1 unspecified atom stereocenters. The molecule has 0 radical (unpaired) electrons. The highest BCUT2D eigenvalue weighted by molar-refractivity contribution is 5.87. The summed E-state index contributed by atoms with van der Waals surface area (Å²) in [6.45, 7) is 14.8. The highest BCUT2D eigenvalue weighted by Gasteiger charge is 2.19. The molecule has 0 saturated carbocycles. The summed E-state index contributed by atoms with van der Waals surface area (Å²) >= 11 is 0. The molecule has 21 heavy (non-hydrogen) atoms. The van der Waals surface area contributed by atoms with Gasteiger partial charge < -0.3 is 9.47 Å². The summed E-state index contributed by atoms with van der Waals surface area (Å²) in [7, 11) is 0. The predicted molar refractivity (Wildman–Crippen MR) is 83.8 cm³/mol. The predicted octanol–water partition coefficient (Wildman–Crippen LogP) is 3.81. The Labute approximate surface area is 128 Å².